The summed E-state index contributed by atoms with van der Waals surface area (Å²) in [6.45, 7) is 3.92. The molecule has 0 saturated carbocycles. The molecule has 3 atom stereocenters. The monoisotopic (exact) mass is 637 g/mol. The average molecular weight is 639 g/mol. The fraction of sp³-hybridized carbons (Fsp3) is 0.207. The lowest BCUT2D eigenvalue weighted by Gasteiger charge is -2.43. The number of anilines is 1. The van der Waals surface area contributed by atoms with Crippen molar-refractivity contribution in [2.75, 3.05) is 12.5 Å². The summed E-state index contributed by atoms with van der Waals surface area (Å²) in [6.07, 6.45) is -0.684. The molecule has 2 amide bonds. The Morgan fingerprint density at radius 1 is 1.14 bits per heavy atom. The summed E-state index contributed by atoms with van der Waals surface area (Å²) in [6, 6.07) is 10.1. The lowest BCUT2D eigenvalue weighted by atomic mass is 9.56. The maximum atomic E-state index is 14.6. The van der Waals surface area contributed by atoms with Crippen LogP contribution in [0.4, 0.5) is 19.0 Å². The van der Waals surface area contributed by atoms with Crippen LogP contribution in [0.1, 0.15) is 29.0 Å². The van der Waals surface area contributed by atoms with Crippen molar-refractivity contribution in [3.8, 4) is 11.5 Å². The summed E-state index contributed by atoms with van der Waals surface area (Å²) in [4.78, 5) is 32.3. The predicted octanol–water partition coefficient (Wildman–Crippen LogP) is 7.32. The number of phenols is 1. The Bertz CT molecular complexity index is 1650. The first-order chi connectivity index (χ1) is 19.8. The molecule has 218 valence electrons. The van der Waals surface area contributed by atoms with Crippen molar-refractivity contribution in [1.82, 2.24) is 9.99 Å². The number of allylic oxidation sites excluding steroid dienone is 3. The number of imide groups is 1. The van der Waals surface area contributed by atoms with Gasteiger partial charge >= 0.3 is 6.18 Å². The number of ether oxygens (including phenoxy) is 1. The van der Waals surface area contributed by atoms with Crippen LogP contribution in [0.2, 0.25) is 15.1 Å². The van der Waals surface area contributed by atoms with Crippen molar-refractivity contribution in [3.63, 3.8) is 0 Å². The highest BCUT2D eigenvalue weighted by Gasteiger charge is 2.66. The van der Waals surface area contributed by atoms with Crippen molar-refractivity contribution in [3.05, 3.63) is 105 Å². The second kappa shape index (κ2) is 10.8. The predicted molar refractivity (Wildman–Crippen MR) is 152 cm³/mol. The van der Waals surface area contributed by atoms with Gasteiger partial charge in [-0.2, -0.15) is 18.2 Å². The van der Waals surface area contributed by atoms with E-state index in [1.807, 2.05) is 0 Å². The first kappa shape index (κ1) is 29.8. The Kier molecular flexibility index (Phi) is 7.67. The fourth-order valence-corrected chi connectivity index (χ4v) is 6.26. The standard InChI is InChI=1S/C29H21Cl3F3N3O4/c1-3-14-4-9-19-26(40)38(37-25-21(32)12-17(13-36-25)29(33,34)35)27(41)28(19,16-5-7-18(30)8-6-16)23(14)15-10-20(31)24(39)22(11-15)42-2/h3-8,10-13,19,23,39H,1,9H2,2H3,(H,36,37)/t19-,23+,28+/m0/s1. The lowest BCUT2D eigenvalue weighted by Crippen LogP contribution is -2.48. The van der Waals surface area contributed by atoms with Crippen LogP contribution in [0.3, 0.4) is 0 Å². The van der Waals surface area contributed by atoms with E-state index in [9.17, 15) is 27.9 Å². The van der Waals surface area contributed by atoms with E-state index in [1.54, 1.807) is 36.4 Å². The van der Waals surface area contributed by atoms with E-state index in [0.29, 0.717) is 34.0 Å². The Morgan fingerprint density at radius 2 is 1.83 bits per heavy atom. The van der Waals surface area contributed by atoms with E-state index >= 15 is 0 Å². The number of phenolic OH excluding ortho intramolecular Hbond substituents is 1. The van der Waals surface area contributed by atoms with Crippen molar-refractivity contribution in [1.29, 1.82) is 0 Å². The van der Waals surface area contributed by atoms with Gasteiger partial charge in [0, 0.05) is 17.1 Å². The number of fused-ring (bicyclic) bond motifs is 1. The molecular formula is C29H21Cl3F3N3O4. The summed E-state index contributed by atoms with van der Waals surface area (Å²) < 4.78 is 44.9. The average Bonchev–Trinajstić information content (AvgIpc) is 3.16. The molecule has 1 aliphatic heterocycles. The molecule has 0 unspecified atom stereocenters. The molecule has 0 radical (unpaired) electrons. The van der Waals surface area contributed by atoms with E-state index in [1.165, 1.54) is 19.2 Å². The smallest absolute Gasteiger partial charge is 0.417 e. The van der Waals surface area contributed by atoms with Crippen molar-refractivity contribution < 1.29 is 32.6 Å². The molecule has 0 bridgehead atoms. The van der Waals surface area contributed by atoms with Crippen LogP contribution in [0.15, 0.2) is 73.0 Å². The number of alkyl halides is 3. The van der Waals surface area contributed by atoms with Gasteiger partial charge in [0.1, 0.15) is 0 Å². The van der Waals surface area contributed by atoms with Crippen LogP contribution in [0.5, 0.6) is 11.5 Å². The molecular weight excluding hydrogens is 618 g/mol. The molecule has 1 aromatic heterocycles. The number of methoxy groups -OCH3 is 1. The van der Waals surface area contributed by atoms with E-state index in [2.05, 4.69) is 17.0 Å². The number of benzene rings is 2. The first-order valence-electron chi connectivity index (χ1n) is 12.4. The van der Waals surface area contributed by atoms with Crippen LogP contribution >= 0.6 is 34.8 Å². The van der Waals surface area contributed by atoms with Crippen molar-refractivity contribution in [2.45, 2.75) is 23.9 Å². The van der Waals surface area contributed by atoms with Gasteiger partial charge in [-0.25, -0.2) is 4.98 Å². The van der Waals surface area contributed by atoms with Gasteiger partial charge in [0.15, 0.2) is 17.3 Å². The molecule has 1 saturated heterocycles. The topological polar surface area (TPSA) is 91.8 Å². The highest BCUT2D eigenvalue weighted by atomic mass is 35.5. The Labute approximate surface area is 253 Å². The van der Waals surface area contributed by atoms with Gasteiger partial charge in [-0.1, -0.05) is 65.7 Å². The van der Waals surface area contributed by atoms with Crippen molar-refractivity contribution >= 4 is 52.4 Å². The van der Waals surface area contributed by atoms with Gasteiger partial charge in [-0.3, -0.25) is 15.0 Å². The van der Waals surface area contributed by atoms with Gasteiger partial charge < -0.3 is 9.84 Å². The van der Waals surface area contributed by atoms with E-state index < -0.39 is 45.8 Å². The number of carbonyl (C=O) groups is 2. The number of carbonyl (C=O) groups excluding carboxylic acids is 2. The number of halogens is 6. The van der Waals surface area contributed by atoms with Crippen LogP contribution in [0.25, 0.3) is 0 Å². The Balaban J connectivity index is 1.72. The summed E-state index contributed by atoms with van der Waals surface area (Å²) >= 11 is 18.6. The molecule has 2 heterocycles. The lowest BCUT2D eigenvalue weighted by molar-refractivity contribution is -0.139. The fourth-order valence-electron chi connectivity index (χ4n) is 5.71. The molecule has 13 heteroatoms. The molecule has 1 fully saturated rings. The minimum atomic E-state index is -4.70. The maximum absolute atomic E-state index is 14.6. The van der Waals surface area contributed by atoms with E-state index in [4.69, 9.17) is 39.5 Å². The number of amides is 2. The third-order valence-electron chi connectivity index (χ3n) is 7.55. The van der Waals surface area contributed by atoms with Gasteiger partial charge in [-0.05, 0) is 53.5 Å². The van der Waals surface area contributed by atoms with Crippen molar-refractivity contribution in [2.24, 2.45) is 5.92 Å². The summed E-state index contributed by atoms with van der Waals surface area (Å²) in [5, 5.41) is 11.0. The third-order valence-corrected chi connectivity index (χ3v) is 8.38. The zero-order chi connectivity index (χ0) is 30.6. The quantitative estimate of drug-likeness (QED) is 0.275. The maximum Gasteiger partial charge on any atom is 0.417 e. The molecule has 2 aliphatic rings. The Hall–Kier alpha value is -3.73. The SMILES string of the molecule is C=CC1=CC[C@H]2C(=O)N(Nc3ncc(C(F)(F)F)cc3Cl)C(=O)[C@@]2(c2ccc(Cl)cc2)[C@H]1c1cc(Cl)c(O)c(OC)c1. The van der Waals surface area contributed by atoms with Gasteiger partial charge in [0.2, 0.25) is 0 Å². The third kappa shape index (κ3) is 4.67. The second-order valence-corrected chi connectivity index (χ2v) is 11.0. The number of hydrogen-bond donors (Lipinski definition) is 2. The normalized spacial score (nSPS) is 22.1. The molecule has 2 N–H and O–H groups in total. The molecule has 1 aliphatic carbocycles. The Morgan fingerprint density at radius 3 is 2.43 bits per heavy atom. The van der Waals surface area contributed by atoms with E-state index in [0.717, 1.165) is 5.01 Å². The molecule has 3 aromatic rings. The first-order valence-corrected chi connectivity index (χ1v) is 13.5. The molecule has 0 spiro atoms. The van der Waals surface area contributed by atoms with Crippen LogP contribution < -0.4 is 10.2 Å². The number of rotatable bonds is 6. The summed E-state index contributed by atoms with van der Waals surface area (Å²) in [5.74, 6) is -3.83. The van der Waals surface area contributed by atoms with Crippen LogP contribution in [-0.4, -0.2) is 34.0 Å². The zero-order valence-corrected chi connectivity index (χ0v) is 23.9. The number of nitrogens with zero attached hydrogens (tertiary/aromatic N) is 2. The zero-order valence-electron chi connectivity index (χ0n) is 21.7. The van der Waals surface area contributed by atoms with Crippen LogP contribution in [-0.2, 0) is 21.2 Å². The number of hydrogen-bond acceptors (Lipinski definition) is 6. The number of aromatic nitrogens is 1. The molecule has 7 nitrogen and oxygen atoms in total. The second-order valence-electron chi connectivity index (χ2n) is 9.70. The number of nitrogens with one attached hydrogen (secondary N) is 1. The van der Waals surface area contributed by atoms with Gasteiger partial charge in [0.05, 0.1) is 34.1 Å². The minimum Gasteiger partial charge on any atom is -0.503 e. The van der Waals surface area contributed by atoms with Gasteiger partial charge in [-0.15, -0.1) is 0 Å². The summed E-state index contributed by atoms with van der Waals surface area (Å²) in [5.41, 5.74) is 1.32. The molecule has 5 rings (SSSR count). The largest absolute Gasteiger partial charge is 0.503 e. The molecule has 42 heavy (non-hydrogen) atoms. The highest BCUT2D eigenvalue weighted by Crippen LogP contribution is 2.58. The number of pyridine rings is 1. The highest BCUT2D eigenvalue weighted by molar-refractivity contribution is 6.33. The number of aromatic hydroxyl groups is 1. The minimum absolute atomic E-state index is 0.0433. The van der Waals surface area contributed by atoms with E-state index in [-0.39, 0.29) is 28.8 Å². The summed E-state index contributed by atoms with van der Waals surface area (Å²) in [7, 11) is 1.34. The molecule has 2 aromatic carbocycles. The van der Waals surface area contributed by atoms with Gasteiger partial charge in [0.25, 0.3) is 11.8 Å². The number of hydrazine groups is 1. The van der Waals surface area contributed by atoms with Crippen LogP contribution in [0, 0.1) is 5.92 Å².